The summed E-state index contributed by atoms with van der Waals surface area (Å²) in [5.41, 5.74) is 0.916. The van der Waals surface area contributed by atoms with Gasteiger partial charge in [0.15, 0.2) is 5.65 Å². The van der Waals surface area contributed by atoms with Crippen LogP contribution in [0.15, 0.2) is 35.8 Å². The first-order valence-corrected chi connectivity index (χ1v) is 7.42. The molecule has 0 bridgehead atoms. The van der Waals surface area contributed by atoms with Gasteiger partial charge in [0, 0.05) is 42.9 Å². The molecule has 0 aliphatic rings. The molecule has 0 aliphatic heterocycles. The number of fused-ring (bicyclic) bond motifs is 1. The monoisotopic (exact) mass is 314 g/mol. The highest BCUT2D eigenvalue weighted by Gasteiger charge is 2.17. The maximum Gasteiger partial charge on any atom is 0.285 e. The molecule has 1 amide bonds. The van der Waals surface area contributed by atoms with Gasteiger partial charge in [-0.3, -0.25) is 14.7 Å². The summed E-state index contributed by atoms with van der Waals surface area (Å²) in [6, 6.07) is 1.65. The number of aromatic nitrogens is 5. The van der Waals surface area contributed by atoms with Crippen molar-refractivity contribution in [3.05, 3.63) is 52.6 Å². The SMILES string of the molecule is CC[C@H](Cn1ccnc1)NC(=O)c1cnc2cc(C)[nH]n2c1=O. The largest absolute Gasteiger partial charge is 0.347 e. The van der Waals surface area contributed by atoms with Crippen LogP contribution in [0.3, 0.4) is 0 Å². The van der Waals surface area contributed by atoms with Crippen molar-refractivity contribution in [3.8, 4) is 0 Å². The van der Waals surface area contributed by atoms with Crippen LogP contribution in [0.25, 0.3) is 5.65 Å². The van der Waals surface area contributed by atoms with E-state index in [2.05, 4.69) is 20.4 Å². The van der Waals surface area contributed by atoms with Gasteiger partial charge in [0.25, 0.3) is 11.5 Å². The first-order chi connectivity index (χ1) is 11.1. The Bertz CT molecular complexity index is 877. The first-order valence-electron chi connectivity index (χ1n) is 7.42. The van der Waals surface area contributed by atoms with E-state index in [9.17, 15) is 9.59 Å². The molecule has 3 aromatic rings. The normalized spacial score (nSPS) is 12.4. The van der Waals surface area contributed by atoms with Crippen molar-refractivity contribution in [2.24, 2.45) is 0 Å². The second kappa shape index (κ2) is 6.07. The molecule has 0 fully saturated rings. The molecule has 2 N–H and O–H groups in total. The van der Waals surface area contributed by atoms with Crippen LogP contribution in [0.1, 0.15) is 29.4 Å². The van der Waals surface area contributed by atoms with Crippen molar-refractivity contribution in [1.29, 1.82) is 0 Å². The molecule has 8 nitrogen and oxygen atoms in total. The summed E-state index contributed by atoms with van der Waals surface area (Å²) in [5.74, 6) is -0.420. The van der Waals surface area contributed by atoms with Gasteiger partial charge in [0.1, 0.15) is 5.56 Å². The number of nitrogens with one attached hydrogen (secondary N) is 2. The van der Waals surface area contributed by atoms with E-state index < -0.39 is 11.5 Å². The van der Waals surface area contributed by atoms with Gasteiger partial charge in [-0.2, -0.15) is 0 Å². The molecule has 0 saturated heterocycles. The minimum Gasteiger partial charge on any atom is -0.347 e. The van der Waals surface area contributed by atoms with Crippen LogP contribution in [-0.4, -0.2) is 36.1 Å². The summed E-state index contributed by atoms with van der Waals surface area (Å²) in [5, 5.41) is 5.75. The summed E-state index contributed by atoms with van der Waals surface area (Å²) in [6.07, 6.45) is 7.27. The van der Waals surface area contributed by atoms with Crippen LogP contribution < -0.4 is 10.9 Å². The Morgan fingerprint density at radius 3 is 3.00 bits per heavy atom. The quantitative estimate of drug-likeness (QED) is 0.725. The number of hydrogen-bond acceptors (Lipinski definition) is 4. The van der Waals surface area contributed by atoms with E-state index in [0.29, 0.717) is 12.2 Å². The van der Waals surface area contributed by atoms with Crippen molar-refractivity contribution < 1.29 is 4.79 Å². The van der Waals surface area contributed by atoms with Gasteiger partial charge >= 0.3 is 0 Å². The van der Waals surface area contributed by atoms with Crippen molar-refractivity contribution in [3.63, 3.8) is 0 Å². The third kappa shape index (κ3) is 3.01. The average molecular weight is 314 g/mol. The van der Waals surface area contributed by atoms with Crippen LogP contribution in [0.5, 0.6) is 0 Å². The summed E-state index contributed by atoms with van der Waals surface area (Å²) in [6.45, 7) is 4.40. The third-order valence-electron chi connectivity index (χ3n) is 3.69. The average Bonchev–Trinajstić information content (AvgIpc) is 3.15. The number of nitrogens with zero attached hydrogens (tertiary/aromatic N) is 4. The van der Waals surface area contributed by atoms with Crippen LogP contribution in [-0.2, 0) is 6.54 Å². The predicted molar refractivity (Wildman–Crippen MR) is 84.3 cm³/mol. The second-order valence-corrected chi connectivity index (χ2v) is 5.45. The fourth-order valence-electron chi connectivity index (χ4n) is 2.43. The van der Waals surface area contributed by atoms with Gasteiger partial charge in [-0.1, -0.05) is 6.92 Å². The fraction of sp³-hybridized carbons (Fsp3) is 0.333. The molecule has 3 aromatic heterocycles. The Hall–Kier alpha value is -2.90. The van der Waals surface area contributed by atoms with E-state index in [1.165, 1.54) is 10.7 Å². The maximum atomic E-state index is 12.4. The molecule has 120 valence electrons. The molecule has 0 unspecified atom stereocenters. The number of hydrogen-bond donors (Lipinski definition) is 2. The summed E-state index contributed by atoms with van der Waals surface area (Å²) >= 11 is 0. The van der Waals surface area contributed by atoms with Gasteiger partial charge in [0.2, 0.25) is 0 Å². The summed E-state index contributed by atoms with van der Waals surface area (Å²) in [4.78, 5) is 32.9. The molecule has 3 heterocycles. The van der Waals surface area contributed by atoms with Gasteiger partial charge < -0.3 is 9.88 Å². The molecule has 8 heteroatoms. The summed E-state index contributed by atoms with van der Waals surface area (Å²) in [7, 11) is 0. The van der Waals surface area contributed by atoms with Crippen molar-refractivity contribution in [2.45, 2.75) is 32.9 Å². The van der Waals surface area contributed by atoms with E-state index >= 15 is 0 Å². The lowest BCUT2D eigenvalue weighted by molar-refractivity contribution is 0.0929. The van der Waals surface area contributed by atoms with Crippen molar-refractivity contribution in [1.82, 2.24) is 29.5 Å². The zero-order valence-electron chi connectivity index (χ0n) is 13.0. The third-order valence-corrected chi connectivity index (χ3v) is 3.69. The standard InChI is InChI=1S/C15H18N6O2/c1-3-11(8-20-5-4-16-9-20)18-14(22)12-7-17-13-6-10(2)19-21(13)15(12)23/h4-7,9,11,19H,3,8H2,1-2H3,(H,18,22)/t11-/m1/s1. The Morgan fingerprint density at radius 1 is 1.48 bits per heavy atom. The van der Waals surface area contributed by atoms with Gasteiger partial charge in [-0.25, -0.2) is 14.5 Å². The Balaban J connectivity index is 1.82. The molecule has 0 aliphatic carbocycles. The van der Waals surface area contributed by atoms with Crippen LogP contribution >= 0.6 is 0 Å². The minimum absolute atomic E-state index is 0.0217. The first kappa shape index (κ1) is 15.0. The summed E-state index contributed by atoms with van der Waals surface area (Å²) < 4.78 is 3.16. The van der Waals surface area contributed by atoms with Gasteiger partial charge in [-0.15, -0.1) is 0 Å². The zero-order chi connectivity index (χ0) is 16.4. The van der Waals surface area contributed by atoms with E-state index in [4.69, 9.17) is 0 Å². The predicted octanol–water partition coefficient (Wildman–Crippen LogP) is 0.736. The van der Waals surface area contributed by atoms with E-state index in [0.717, 1.165) is 12.1 Å². The van der Waals surface area contributed by atoms with E-state index in [1.54, 1.807) is 18.6 Å². The number of rotatable bonds is 5. The lowest BCUT2D eigenvalue weighted by Crippen LogP contribution is -2.40. The molecule has 0 spiro atoms. The maximum absolute atomic E-state index is 12.4. The highest BCUT2D eigenvalue weighted by Crippen LogP contribution is 2.02. The highest BCUT2D eigenvalue weighted by atomic mass is 16.2. The molecule has 0 aromatic carbocycles. The van der Waals surface area contributed by atoms with Gasteiger partial charge in [0.05, 0.1) is 6.33 Å². The zero-order valence-corrected chi connectivity index (χ0v) is 13.0. The molecule has 0 saturated carbocycles. The molecule has 1 atom stereocenters. The molecular formula is C15H18N6O2. The van der Waals surface area contributed by atoms with E-state index in [1.807, 2.05) is 24.6 Å². The molecular weight excluding hydrogens is 296 g/mol. The fourth-order valence-corrected chi connectivity index (χ4v) is 2.43. The molecule has 3 rings (SSSR count). The van der Waals surface area contributed by atoms with Crippen LogP contribution in [0, 0.1) is 6.92 Å². The lowest BCUT2D eigenvalue weighted by atomic mass is 10.2. The number of aromatic amines is 1. The second-order valence-electron chi connectivity index (χ2n) is 5.45. The number of H-pyrrole nitrogens is 1. The number of imidazole rings is 1. The lowest BCUT2D eigenvalue weighted by Gasteiger charge is -2.17. The van der Waals surface area contributed by atoms with Crippen molar-refractivity contribution >= 4 is 11.6 Å². The number of carbonyl (C=O) groups is 1. The number of amides is 1. The minimum atomic E-state index is -0.420. The number of carbonyl (C=O) groups excluding carboxylic acids is 1. The van der Waals surface area contributed by atoms with Gasteiger partial charge in [-0.05, 0) is 13.3 Å². The van der Waals surface area contributed by atoms with Crippen LogP contribution in [0.2, 0.25) is 0 Å². The Labute approximate surface area is 132 Å². The van der Waals surface area contributed by atoms with Crippen molar-refractivity contribution in [2.75, 3.05) is 0 Å². The Morgan fingerprint density at radius 2 is 2.30 bits per heavy atom. The molecule has 0 radical (unpaired) electrons. The smallest absolute Gasteiger partial charge is 0.285 e. The molecule has 23 heavy (non-hydrogen) atoms. The Kier molecular flexibility index (Phi) is 3.96. The van der Waals surface area contributed by atoms with E-state index in [-0.39, 0.29) is 11.6 Å². The topological polar surface area (TPSA) is 97.1 Å². The van der Waals surface area contributed by atoms with Crippen LogP contribution in [0.4, 0.5) is 0 Å². The number of aryl methyl sites for hydroxylation is 1. The highest BCUT2D eigenvalue weighted by molar-refractivity contribution is 5.93.